The van der Waals surface area contributed by atoms with Crippen molar-refractivity contribution in [1.82, 2.24) is 16.2 Å². The largest absolute Gasteiger partial charge is 0.412 e. The van der Waals surface area contributed by atoms with Crippen molar-refractivity contribution >= 4 is 74.5 Å². The minimum Gasteiger partial charge on any atom is -0.412 e. The van der Waals surface area contributed by atoms with Crippen LogP contribution in [-0.4, -0.2) is 86.4 Å². The van der Waals surface area contributed by atoms with Crippen molar-refractivity contribution in [2.45, 2.75) is 109 Å². The summed E-state index contributed by atoms with van der Waals surface area (Å²) in [6, 6.07) is 7.58. The first-order valence-electron chi connectivity index (χ1n) is 16.0. The van der Waals surface area contributed by atoms with E-state index in [1.807, 2.05) is 57.5 Å². The van der Waals surface area contributed by atoms with E-state index in [1.165, 1.54) is 6.92 Å². The van der Waals surface area contributed by atoms with Gasteiger partial charge in [-0.25, -0.2) is 0 Å². The molecule has 0 unspecified atom stereocenters. The molecule has 0 bridgehead atoms. The Hall–Kier alpha value is -1.48. The summed E-state index contributed by atoms with van der Waals surface area (Å²) >= 11 is 6.53. The van der Waals surface area contributed by atoms with Crippen LogP contribution in [0.4, 0.5) is 0 Å². The zero-order chi connectivity index (χ0) is 36.3. The topological polar surface area (TPSA) is 133 Å². The summed E-state index contributed by atoms with van der Waals surface area (Å²) in [5.41, 5.74) is 6.87. The summed E-state index contributed by atoms with van der Waals surface area (Å²) in [5.74, 6) is -1.56. The molecule has 48 heavy (non-hydrogen) atoms. The smallest absolute Gasteiger partial charge is 0.270 e. The van der Waals surface area contributed by atoms with Crippen LogP contribution >= 0.6 is 31.9 Å². The van der Waals surface area contributed by atoms with Crippen molar-refractivity contribution in [3.05, 3.63) is 57.5 Å². The molecule has 0 heterocycles. The van der Waals surface area contributed by atoms with Crippen molar-refractivity contribution in [3.8, 4) is 0 Å². The fourth-order valence-corrected chi connectivity index (χ4v) is 8.78. The zero-order valence-electron chi connectivity index (χ0n) is 29.7. The van der Waals surface area contributed by atoms with Crippen molar-refractivity contribution in [2.75, 3.05) is 13.2 Å². The number of rotatable bonds is 18. The van der Waals surface area contributed by atoms with Gasteiger partial charge in [0.15, 0.2) is 37.2 Å². The SMILES string of the molecule is CC(=O)NNC(=O)[C@H](OC/C=C/Br)[C@H](O[Si](C)(C)C)[C@@H](O[Si](C)(C)C)[C@@H](OC/C=C/Br)C(=O)N[C@H]1c2ccccc2C[C@H]1O[Si](C)(C)C. The average molecular weight is 852 g/mol. The van der Waals surface area contributed by atoms with Gasteiger partial charge in [-0.3, -0.25) is 25.2 Å². The lowest BCUT2D eigenvalue weighted by molar-refractivity contribution is -0.161. The predicted octanol–water partition coefficient (Wildman–Crippen LogP) is 5.82. The molecule has 0 aromatic heterocycles. The van der Waals surface area contributed by atoms with Crippen molar-refractivity contribution in [2.24, 2.45) is 0 Å². The molecule has 3 amide bonds. The van der Waals surface area contributed by atoms with Crippen LogP contribution in [0.5, 0.6) is 0 Å². The average Bonchev–Trinajstić information content (AvgIpc) is 3.28. The molecule has 1 aliphatic carbocycles. The Balaban J connectivity index is 2.71. The van der Waals surface area contributed by atoms with Crippen LogP contribution in [0.2, 0.25) is 58.9 Å². The van der Waals surface area contributed by atoms with Crippen LogP contribution in [0, 0.1) is 0 Å². The number of hydrazine groups is 1. The quantitative estimate of drug-likeness (QED) is 0.125. The monoisotopic (exact) mass is 849 g/mol. The lowest BCUT2D eigenvalue weighted by atomic mass is 10.0. The Morgan fingerprint density at radius 2 is 1.29 bits per heavy atom. The van der Waals surface area contributed by atoms with Gasteiger partial charge in [0.25, 0.3) is 11.8 Å². The van der Waals surface area contributed by atoms with Crippen LogP contribution in [0.3, 0.4) is 0 Å². The van der Waals surface area contributed by atoms with Gasteiger partial charge in [0.1, 0.15) is 12.2 Å². The number of halogens is 2. The van der Waals surface area contributed by atoms with E-state index in [-0.39, 0.29) is 19.3 Å². The van der Waals surface area contributed by atoms with Gasteiger partial charge in [-0.1, -0.05) is 68.3 Å². The van der Waals surface area contributed by atoms with E-state index in [9.17, 15) is 14.4 Å². The Kier molecular flexibility index (Phi) is 17.1. The van der Waals surface area contributed by atoms with Gasteiger partial charge < -0.3 is 28.1 Å². The van der Waals surface area contributed by atoms with Gasteiger partial charge in [0, 0.05) is 13.3 Å². The molecule has 6 atom stereocenters. The molecule has 2 rings (SSSR count). The normalized spacial score (nSPS) is 19.5. The maximum Gasteiger partial charge on any atom is 0.270 e. The molecule has 0 saturated heterocycles. The highest BCUT2D eigenvalue weighted by Crippen LogP contribution is 2.35. The molecule has 0 saturated carbocycles. The van der Waals surface area contributed by atoms with Gasteiger partial charge in [-0.15, -0.1) is 0 Å². The lowest BCUT2D eigenvalue weighted by Gasteiger charge is -2.42. The summed E-state index contributed by atoms with van der Waals surface area (Å²) in [4.78, 5) is 43.4. The Morgan fingerprint density at radius 1 is 0.792 bits per heavy atom. The van der Waals surface area contributed by atoms with E-state index in [4.69, 9.17) is 22.8 Å². The minimum atomic E-state index is -2.47. The number of nitrogens with one attached hydrogen (secondary N) is 3. The second-order valence-electron chi connectivity index (χ2n) is 14.4. The maximum absolute atomic E-state index is 14.6. The Bertz CT molecular complexity index is 1280. The van der Waals surface area contributed by atoms with Gasteiger partial charge in [0.05, 0.1) is 25.4 Å². The second-order valence-corrected chi connectivity index (χ2v) is 28.9. The maximum atomic E-state index is 14.6. The highest BCUT2D eigenvalue weighted by molar-refractivity contribution is 9.11. The molecule has 16 heteroatoms. The van der Waals surface area contributed by atoms with Crippen molar-refractivity contribution in [1.29, 1.82) is 0 Å². The van der Waals surface area contributed by atoms with Gasteiger partial charge >= 0.3 is 0 Å². The molecule has 3 N–H and O–H groups in total. The molecular formula is C32H53Br2N3O8Si3. The third kappa shape index (κ3) is 14.8. The van der Waals surface area contributed by atoms with E-state index in [2.05, 4.69) is 73.7 Å². The van der Waals surface area contributed by atoms with E-state index in [0.29, 0.717) is 6.42 Å². The molecular weight excluding hydrogens is 798 g/mol. The number of ether oxygens (including phenoxy) is 2. The third-order valence-electron chi connectivity index (χ3n) is 6.69. The number of carbonyl (C=O) groups is 3. The van der Waals surface area contributed by atoms with E-state index in [0.717, 1.165) is 11.1 Å². The predicted molar refractivity (Wildman–Crippen MR) is 203 cm³/mol. The standard InChI is InChI=1S/C32H53Br2N3O8Si3/c1-22(38)36-37-32(40)30(42-20-14-18-34)28(45-48(8,9)10)27(44-47(5,6)7)29(41-19-13-17-33)31(39)35-26-24-16-12-11-15-23(24)21-25(26)43-46(2,3)4/h11-18,25-30H,19-21H2,1-10H3,(H,35,39)(H,36,38)(H,37,40)/b17-13+,18-14+/t25-,26+,27-,28-,29-,30-/m1/s1. The molecule has 270 valence electrons. The minimum absolute atomic E-state index is 0.0350. The van der Waals surface area contributed by atoms with Gasteiger partial charge in [-0.05, 0) is 80.0 Å². The number of hydrogen-bond donors (Lipinski definition) is 3. The molecule has 0 spiro atoms. The van der Waals surface area contributed by atoms with Crippen LogP contribution in [-0.2, 0) is 43.6 Å². The van der Waals surface area contributed by atoms with Crippen LogP contribution in [0.1, 0.15) is 24.1 Å². The lowest BCUT2D eigenvalue weighted by Crippen LogP contribution is -2.63. The van der Waals surface area contributed by atoms with Crippen LogP contribution in [0.25, 0.3) is 0 Å². The van der Waals surface area contributed by atoms with Crippen LogP contribution in [0.15, 0.2) is 46.4 Å². The Labute approximate surface area is 305 Å². The molecule has 1 aromatic rings. The number of amides is 3. The fraction of sp³-hybridized carbons (Fsp3) is 0.594. The second kappa shape index (κ2) is 19.2. The summed E-state index contributed by atoms with van der Waals surface area (Å²) in [7, 11) is -6.93. The van der Waals surface area contributed by atoms with E-state index in [1.54, 1.807) is 22.1 Å². The highest BCUT2D eigenvalue weighted by atomic mass is 79.9. The molecule has 0 aliphatic heterocycles. The van der Waals surface area contributed by atoms with Crippen LogP contribution < -0.4 is 16.2 Å². The zero-order valence-corrected chi connectivity index (χ0v) is 35.9. The summed E-state index contributed by atoms with van der Waals surface area (Å²) < 4.78 is 32.5. The van der Waals surface area contributed by atoms with Crippen molar-refractivity contribution in [3.63, 3.8) is 0 Å². The third-order valence-corrected chi connectivity index (χ3v) is 10.4. The number of fused-ring (bicyclic) bond motifs is 1. The molecule has 1 aliphatic rings. The number of hydrogen-bond acceptors (Lipinski definition) is 8. The fourth-order valence-electron chi connectivity index (χ4n) is 5.20. The van der Waals surface area contributed by atoms with E-state index >= 15 is 0 Å². The molecule has 0 radical (unpaired) electrons. The van der Waals surface area contributed by atoms with Gasteiger partial charge in [0.2, 0.25) is 5.91 Å². The summed E-state index contributed by atoms with van der Waals surface area (Å²) in [5, 5.41) is 3.25. The Morgan fingerprint density at radius 3 is 1.75 bits per heavy atom. The summed E-state index contributed by atoms with van der Waals surface area (Å²) in [6.45, 7) is 19.7. The first-order valence-corrected chi connectivity index (χ1v) is 28.0. The van der Waals surface area contributed by atoms with Crippen molar-refractivity contribution < 1.29 is 37.1 Å². The number of carbonyl (C=O) groups excluding carboxylic acids is 3. The molecule has 1 aromatic carbocycles. The molecule has 0 fully saturated rings. The van der Waals surface area contributed by atoms with Gasteiger partial charge in [-0.2, -0.15) is 0 Å². The first kappa shape index (κ1) is 42.7. The van der Waals surface area contributed by atoms with E-state index < -0.39 is 73.1 Å². The highest BCUT2D eigenvalue weighted by Gasteiger charge is 2.48. The number of benzene rings is 1. The molecule has 11 nitrogen and oxygen atoms in total. The summed E-state index contributed by atoms with van der Waals surface area (Å²) in [6.07, 6.45) is -0.906. The first-order chi connectivity index (χ1) is 22.3.